The Morgan fingerprint density at radius 3 is 2.58 bits per heavy atom. The van der Waals surface area contributed by atoms with Crippen LogP contribution in [-0.4, -0.2) is 74.1 Å². The standard InChI is InChI=1S/C21H29N7O4S/c1-13-8-27(33(4,31)32)11-17(13)25-19-16(20(22)29)7-24-28-10-14(5-18(19)28)15-6-23-26(9-15)12-21(2,3)30/h5-7,9-10,13,17,25,30H,8,11-12H2,1-4H3,(H2,22,29). The van der Waals surface area contributed by atoms with E-state index in [-0.39, 0.29) is 17.5 Å². The van der Waals surface area contributed by atoms with Crippen molar-refractivity contribution in [2.24, 2.45) is 11.7 Å². The van der Waals surface area contributed by atoms with Crippen LogP contribution in [0.5, 0.6) is 0 Å². The van der Waals surface area contributed by atoms with Crippen molar-refractivity contribution in [3.05, 3.63) is 36.4 Å². The second-order valence-corrected chi connectivity index (χ2v) is 11.4. The molecule has 0 aliphatic carbocycles. The highest BCUT2D eigenvalue weighted by Crippen LogP contribution is 2.31. The van der Waals surface area contributed by atoms with Gasteiger partial charge in [-0.1, -0.05) is 6.92 Å². The Bertz CT molecular complexity index is 1310. The number of fused-ring (bicyclic) bond motifs is 1. The number of nitrogens with two attached hydrogens (primary N) is 1. The van der Waals surface area contributed by atoms with Crippen molar-refractivity contribution < 1.29 is 18.3 Å². The Balaban J connectivity index is 1.71. The number of sulfonamides is 1. The van der Waals surface area contributed by atoms with E-state index in [2.05, 4.69) is 15.5 Å². The maximum atomic E-state index is 12.1. The van der Waals surface area contributed by atoms with Gasteiger partial charge in [0.05, 0.1) is 47.6 Å². The molecule has 3 aromatic rings. The van der Waals surface area contributed by atoms with E-state index >= 15 is 0 Å². The van der Waals surface area contributed by atoms with Crippen LogP contribution >= 0.6 is 0 Å². The number of rotatable bonds is 7. The minimum absolute atomic E-state index is 0.0307. The zero-order valence-corrected chi connectivity index (χ0v) is 19.9. The van der Waals surface area contributed by atoms with Crippen LogP contribution in [-0.2, 0) is 16.6 Å². The number of nitrogens with zero attached hydrogens (tertiary/aromatic N) is 5. The zero-order valence-electron chi connectivity index (χ0n) is 19.1. The Hall–Kier alpha value is -2.96. The molecule has 33 heavy (non-hydrogen) atoms. The second-order valence-electron chi connectivity index (χ2n) is 9.40. The molecule has 4 heterocycles. The Labute approximate surface area is 192 Å². The predicted molar refractivity (Wildman–Crippen MR) is 124 cm³/mol. The van der Waals surface area contributed by atoms with Gasteiger partial charge in [0.25, 0.3) is 5.91 Å². The summed E-state index contributed by atoms with van der Waals surface area (Å²) in [6, 6.07) is 1.68. The van der Waals surface area contributed by atoms with E-state index in [0.717, 1.165) is 11.1 Å². The zero-order chi connectivity index (χ0) is 24.1. The van der Waals surface area contributed by atoms with Gasteiger partial charge in [-0.25, -0.2) is 12.9 Å². The molecule has 11 nitrogen and oxygen atoms in total. The predicted octanol–water partition coefficient (Wildman–Crippen LogP) is 0.759. The largest absolute Gasteiger partial charge is 0.389 e. The SMILES string of the molecule is CC1CN(S(C)(=O)=O)CC1Nc1c(C(N)=O)cnn2cc(-c3cnn(CC(C)(C)O)c3)cc12. The molecule has 0 aromatic carbocycles. The summed E-state index contributed by atoms with van der Waals surface area (Å²) in [6.45, 7) is 6.42. The topological polar surface area (TPSA) is 148 Å². The van der Waals surface area contributed by atoms with Gasteiger partial charge in [0.15, 0.2) is 0 Å². The molecule has 0 radical (unpaired) electrons. The fraction of sp³-hybridized carbons (Fsp3) is 0.476. The third kappa shape index (κ3) is 4.87. The van der Waals surface area contributed by atoms with Gasteiger partial charge in [-0.05, 0) is 25.8 Å². The van der Waals surface area contributed by atoms with Gasteiger partial charge >= 0.3 is 0 Å². The lowest BCUT2D eigenvalue weighted by Gasteiger charge is -2.20. The van der Waals surface area contributed by atoms with E-state index in [4.69, 9.17) is 5.73 Å². The van der Waals surface area contributed by atoms with E-state index in [1.54, 1.807) is 29.2 Å². The van der Waals surface area contributed by atoms with Crippen LogP contribution < -0.4 is 11.1 Å². The number of hydrogen-bond donors (Lipinski definition) is 3. The fourth-order valence-corrected chi connectivity index (χ4v) is 5.05. The smallest absolute Gasteiger partial charge is 0.252 e. The fourth-order valence-electron chi connectivity index (χ4n) is 4.12. The maximum absolute atomic E-state index is 12.1. The molecule has 0 saturated carbocycles. The van der Waals surface area contributed by atoms with Crippen LogP contribution in [0, 0.1) is 5.92 Å². The number of hydrogen-bond acceptors (Lipinski definition) is 7. The van der Waals surface area contributed by atoms with Crippen LogP contribution in [0.4, 0.5) is 5.69 Å². The monoisotopic (exact) mass is 475 g/mol. The van der Waals surface area contributed by atoms with Gasteiger partial charge in [-0.2, -0.15) is 14.5 Å². The van der Waals surface area contributed by atoms with Crippen molar-refractivity contribution in [1.29, 1.82) is 0 Å². The molecule has 1 fully saturated rings. The minimum Gasteiger partial charge on any atom is -0.389 e. The first-order valence-corrected chi connectivity index (χ1v) is 12.4. The van der Waals surface area contributed by atoms with E-state index in [1.165, 1.54) is 16.8 Å². The summed E-state index contributed by atoms with van der Waals surface area (Å²) in [6.07, 6.45) is 7.95. The molecule has 1 amide bonds. The summed E-state index contributed by atoms with van der Waals surface area (Å²) in [7, 11) is -3.32. The number of carbonyl (C=O) groups is 1. The molecule has 1 saturated heterocycles. The highest BCUT2D eigenvalue weighted by atomic mass is 32.2. The summed E-state index contributed by atoms with van der Waals surface area (Å²) in [4.78, 5) is 12.1. The number of amides is 1. The molecule has 4 rings (SSSR count). The van der Waals surface area contributed by atoms with E-state index in [9.17, 15) is 18.3 Å². The lowest BCUT2D eigenvalue weighted by molar-refractivity contribution is 0.0577. The average molecular weight is 476 g/mol. The molecule has 4 N–H and O–H groups in total. The summed E-state index contributed by atoms with van der Waals surface area (Å²) >= 11 is 0. The first-order valence-electron chi connectivity index (χ1n) is 10.6. The van der Waals surface area contributed by atoms with Crippen molar-refractivity contribution in [2.45, 2.75) is 39.0 Å². The number of aliphatic hydroxyl groups is 1. The van der Waals surface area contributed by atoms with Crippen LogP contribution in [0.3, 0.4) is 0 Å². The van der Waals surface area contributed by atoms with Crippen LogP contribution in [0.2, 0.25) is 0 Å². The van der Waals surface area contributed by atoms with Gasteiger partial charge in [0, 0.05) is 42.7 Å². The molecule has 12 heteroatoms. The quantitative estimate of drug-likeness (QED) is 0.457. The lowest BCUT2D eigenvalue weighted by Crippen LogP contribution is -2.32. The molecule has 2 unspecified atom stereocenters. The molecule has 1 aliphatic heterocycles. The number of anilines is 1. The van der Waals surface area contributed by atoms with Gasteiger partial charge in [0.2, 0.25) is 10.0 Å². The minimum atomic E-state index is -3.32. The number of nitrogens with one attached hydrogen (secondary N) is 1. The Morgan fingerprint density at radius 2 is 1.97 bits per heavy atom. The van der Waals surface area contributed by atoms with Gasteiger partial charge < -0.3 is 16.2 Å². The van der Waals surface area contributed by atoms with Gasteiger partial charge in [-0.3, -0.25) is 9.48 Å². The summed E-state index contributed by atoms with van der Waals surface area (Å²) in [5, 5.41) is 22.0. The summed E-state index contributed by atoms with van der Waals surface area (Å²) in [5.74, 6) is -0.595. The maximum Gasteiger partial charge on any atom is 0.252 e. The molecular formula is C21H29N7O4S. The number of aromatic nitrogens is 4. The van der Waals surface area contributed by atoms with Crippen LogP contribution in [0.15, 0.2) is 30.9 Å². The van der Waals surface area contributed by atoms with Crippen molar-refractivity contribution in [2.75, 3.05) is 24.7 Å². The third-order valence-electron chi connectivity index (χ3n) is 5.80. The molecule has 3 aromatic heterocycles. The molecule has 0 bridgehead atoms. The second kappa shape index (κ2) is 8.12. The summed E-state index contributed by atoms with van der Waals surface area (Å²) < 4.78 is 28.7. The third-order valence-corrected chi connectivity index (χ3v) is 7.03. The number of primary amides is 1. The molecule has 178 valence electrons. The lowest BCUT2D eigenvalue weighted by atomic mass is 10.1. The van der Waals surface area contributed by atoms with Crippen LogP contribution in [0.25, 0.3) is 16.6 Å². The van der Waals surface area contributed by atoms with Crippen molar-refractivity contribution in [3.63, 3.8) is 0 Å². The Morgan fingerprint density at radius 1 is 1.24 bits per heavy atom. The van der Waals surface area contributed by atoms with Crippen molar-refractivity contribution >= 4 is 27.1 Å². The average Bonchev–Trinajstić information content (AvgIpc) is 3.38. The molecule has 1 aliphatic rings. The van der Waals surface area contributed by atoms with Gasteiger partial charge in [0.1, 0.15) is 0 Å². The van der Waals surface area contributed by atoms with E-state index < -0.39 is 21.5 Å². The van der Waals surface area contributed by atoms with Crippen LogP contribution in [0.1, 0.15) is 31.1 Å². The molecule has 2 atom stereocenters. The molecular weight excluding hydrogens is 446 g/mol. The normalized spacial score (nSPS) is 19.9. The Kier molecular flexibility index (Phi) is 5.71. The van der Waals surface area contributed by atoms with Gasteiger partial charge in [-0.15, -0.1) is 0 Å². The van der Waals surface area contributed by atoms with Crippen molar-refractivity contribution in [3.8, 4) is 11.1 Å². The summed E-state index contributed by atoms with van der Waals surface area (Å²) in [5.41, 5.74) is 7.76. The van der Waals surface area contributed by atoms with E-state index in [1.807, 2.05) is 25.4 Å². The number of carbonyl (C=O) groups excluding carboxylic acids is 1. The highest BCUT2D eigenvalue weighted by Gasteiger charge is 2.35. The van der Waals surface area contributed by atoms with E-state index in [0.29, 0.717) is 30.8 Å². The highest BCUT2D eigenvalue weighted by molar-refractivity contribution is 7.88. The molecule has 0 spiro atoms. The first kappa shape index (κ1) is 23.2. The first-order chi connectivity index (χ1) is 15.3. The van der Waals surface area contributed by atoms with Crippen molar-refractivity contribution in [1.82, 2.24) is 23.7 Å².